The Labute approximate surface area is 204 Å². The second kappa shape index (κ2) is 8.02. The monoisotopic (exact) mass is 529 g/mol. The summed E-state index contributed by atoms with van der Waals surface area (Å²) in [6, 6.07) is 17.7. The van der Waals surface area contributed by atoms with Crippen molar-refractivity contribution in [2.75, 3.05) is 5.32 Å². The number of hydrogen-bond acceptors (Lipinski definition) is 9. The number of para-hydroxylation sites is 1. The molecule has 4 heterocycles. The topological polar surface area (TPSA) is 121 Å². The Hall–Kier alpha value is -4.14. The lowest BCUT2D eigenvalue weighted by atomic mass is 10.2. The van der Waals surface area contributed by atoms with Crippen LogP contribution in [-0.2, 0) is 0 Å². The fraction of sp³-hybridized carbons (Fsp3) is 0.0435. The molecule has 1 N–H and O–H groups in total. The normalized spacial score (nSPS) is 14.8. The molecule has 1 atom stereocenters. The van der Waals surface area contributed by atoms with E-state index in [1.165, 1.54) is 11.3 Å². The van der Waals surface area contributed by atoms with Crippen molar-refractivity contribution < 1.29 is 9.21 Å². The summed E-state index contributed by atoms with van der Waals surface area (Å²) in [6.45, 7) is 0. The van der Waals surface area contributed by atoms with Gasteiger partial charge in [0, 0.05) is 20.9 Å². The van der Waals surface area contributed by atoms with Gasteiger partial charge in [-0.05, 0) is 36.4 Å². The van der Waals surface area contributed by atoms with E-state index < -0.39 is 11.9 Å². The summed E-state index contributed by atoms with van der Waals surface area (Å²) in [5.74, 6) is 0.678. The minimum absolute atomic E-state index is 0.226. The van der Waals surface area contributed by atoms with E-state index in [9.17, 15) is 10.1 Å². The Balaban J connectivity index is 1.47. The molecule has 6 rings (SSSR count). The van der Waals surface area contributed by atoms with E-state index in [1.807, 2.05) is 66.0 Å². The van der Waals surface area contributed by atoms with Gasteiger partial charge in [0.05, 0.1) is 0 Å². The van der Waals surface area contributed by atoms with Gasteiger partial charge in [-0.15, -0.1) is 21.5 Å². The number of hydrogen-bond donors (Lipinski definition) is 1. The van der Waals surface area contributed by atoms with Crippen molar-refractivity contribution in [1.29, 1.82) is 5.26 Å². The van der Waals surface area contributed by atoms with Crippen LogP contribution in [0.4, 0.5) is 17.3 Å². The van der Waals surface area contributed by atoms with Gasteiger partial charge in [0.15, 0.2) is 17.4 Å². The number of carbonyl (C=O) groups excluding carboxylic acids is 1. The van der Waals surface area contributed by atoms with Gasteiger partial charge in [0.25, 0.3) is 5.91 Å². The highest BCUT2D eigenvalue weighted by Crippen LogP contribution is 2.43. The Morgan fingerprint density at radius 2 is 2.03 bits per heavy atom. The molecule has 0 fully saturated rings. The van der Waals surface area contributed by atoms with Gasteiger partial charge in [0.1, 0.15) is 27.9 Å². The number of thiazole rings is 1. The maximum Gasteiger partial charge on any atom is 0.290 e. The number of azo groups is 1. The molecule has 0 amide bonds. The number of aromatic nitrogens is 3. The number of rotatable bonds is 4. The minimum Gasteiger partial charge on any atom is -0.454 e. The van der Waals surface area contributed by atoms with Gasteiger partial charge in [-0.1, -0.05) is 34.1 Å². The first kappa shape index (κ1) is 20.5. The summed E-state index contributed by atoms with van der Waals surface area (Å²) in [7, 11) is 0. The maximum absolute atomic E-state index is 12.7. The number of nitrogens with one attached hydrogen (secondary N) is 1. The third-order valence-corrected chi connectivity index (χ3v) is 6.53. The second-order valence-corrected chi connectivity index (χ2v) is 9.14. The van der Waals surface area contributed by atoms with E-state index in [2.05, 4.69) is 36.6 Å². The number of carbonyl (C=O) groups is 1. The Bertz CT molecular complexity index is 1650. The number of halogens is 1. The smallest absolute Gasteiger partial charge is 0.290 e. The van der Waals surface area contributed by atoms with E-state index >= 15 is 0 Å². The first-order valence-electron chi connectivity index (χ1n) is 10.1. The Morgan fingerprint density at radius 1 is 1.18 bits per heavy atom. The molecule has 0 radical (unpaired) electrons. The number of benzene rings is 2. The number of anilines is 2. The molecule has 0 saturated heterocycles. The van der Waals surface area contributed by atoms with E-state index in [4.69, 9.17) is 9.40 Å². The molecule has 9 nitrogen and oxygen atoms in total. The van der Waals surface area contributed by atoms with Crippen LogP contribution in [0.15, 0.2) is 79.1 Å². The summed E-state index contributed by atoms with van der Waals surface area (Å²) < 4.78 is 8.05. The molecule has 2 aromatic carbocycles. The highest BCUT2D eigenvalue weighted by molar-refractivity contribution is 9.10. The largest absolute Gasteiger partial charge is 0.454 e. The van der Waals surface area contributed by atoms with Crippen LogP contribution < -0.4 is 5.32 Å². The first-order chi connectivity index (χ1) is 16.6. The third kappa shape index (κ3) is 3.40. The molecule has 11 heteroatoms. The van der Waals surface area contributed by atoms with Gasteiger partial charge in [-0.25, -0.2) is 4.98 Å². The standard InChI is InChI=1S/C23H12BrN7O2S/c24-13-6-7-17-12(8-13)9-18(33-17)16-11-34-22(27-16)19-20(26-14-4-2-1-3-5-14)30-31-21(19)29-28-15(10-25)23(31)32/h1-9,11,15H,(H,26,30). The van der Waals surface area contributed by atoms with Gasteiger partial charge in [0.2, 0.25) is 6.04 Å². The summed E-state index contributed by atoms with van der Waals surface area (Å²) in [5, 5.41) is 28.3. The third-order valence-electron chi connectivity index (χ3n) is 5.18. The molecule has 34 heavy (non-hydrogen) atoms. The summed E-state index contributed by atoms with van der Waals surface area (Å²) in [6.07, 6.45) is 0. The quantitative estimate of drug-likeness (QED) is 0.281. The van der Waals surface area contributed by atoms with Gasteiger partial charge in [-0.2, -0.15) is 15.1 Å². The lowest BCUT2D eigenvalue weighted by molar-refractivity contribution is 0.0878. The number of fused-ring (bicyclic) bond motifs is 2. The number of nitrogens with zero attached hydrogens (tertiary/aromatic N) is 6. The molecule has 0 spiro atoms. The van der Waals surface area contributed by atoms with Gasteiger partial charge < -0.3 is 9.73 Å². The molecule has 3 aromatic heterocycles. The van der Waals surface area contributed by atoms with E-state index in [0.29, 0.717) is 27.8 Å². The molecule has 5 aromatic rings. The molecule has 164 valence electrons. The number of nitriles is 1. The van der Waals surface area contributed by atoms with Crippen LogP contribution in [0.3, 0.4) is 0 Å². The zero-order valence-electron chi connectivity index (χ0n) is 17.1. The summed E-state index contributed by atoms with van der Waals surface area (Å²) in [5.41, 5.74) is 2.70. The second-order valence-electron chi connectivity index (χ2n) is 7.37. The summed E-state index contributed by atoms with van der Waals surface area (Å²) in [4.78, 5) is 17.5. The van der Waals surface area contributed by atoms with Crippen molar-refractivity contribution in [2.24, 2.45) is 10.2 Å². The van der Waals surface area contributed by atoms with Crippen LogP contribution in [0.2, 0.25) is 0 Å². The fourth-order valence-electron chi connectivity index (χ4n) is 3.60. The van der Waals surface area contributed by atoms with Crippen molar-refractivity contribution >= 4 is 61.5 Å². The lowest BCUT2D eigenvalue weighted by Gasteiger charge is -2.08. The van der Waals surface area contributed by atoms with Crippen LogP contribution in [0.1, 0.15) is 4.79 Å². The van der Waals surface area contributed by atoms with Crippen molar-refractivity contribution in [2.45, 2.75) is 6.04 Å². The fourth-order valence-corrected chi connectivity index (χ4v) is 4.83. The molecule has 0 bridgehead atoms. The zero-order valence-corrected chi connectivity index (χ0v) is 19.5. The van der Waals surface area contributed by atoms with Crippen molar-refractivity contribution in [3.63, 3.8) is 0 Å². The average Bonchev–Trinajstić information content (AvgIpc) is 3.56. The van der Waals surface area contributed by atoms with E-state index in [0.717, 1.165) is 25.8 Å². The molecule has 1 aliphatic rings. The van der Waals surface area contributed by atoms with Crippen LogP contribution >= 0.6 is 27.3 Å². The van der Waals surface area contributed by atoms with E-state index in [-0.39, 0.29) is 5.82 Å². The Morgan fingerprint density at radius 3 is 2.85 bits per heavy atom. The van der Waals surface area contributed by atoms with Gasteiger partial charge in [-0.3, -0.25) is 4.79 Å². The molecule has 1 unspecified atom stereocenters. The molecular formula is C23H12BrN7O2S. The van der Waals surface area contributed by atoms with Crippen molar-refractivity contribution in [3.05, 3.63) is 64.5 Å². The van der Waals surface area contributed by atoms with E-state index in [1.54, 1.807) is 0 Å². The highest BCUT2D eigenvalue weighted by Gasteiger charge is 2.33. The zero-order chi connectivity index (χ0) is 23.2. The molecular weight excluding hydrogens is 518 g/mol. The maximum atomic E-state index is 12.7. The number of furan rings is 1. The molecule has 0 aliphatic carbocycles. The average molecular weight is 530 g/mol. The minimum atomic E-state index is -1.23. The van der Waals surface area contributed by atoms with Crippen LogP contribution in [0.5, 0.6) is 0 Å². The van der Waals surface area contributed by atoms with Gasteiger partial charge >= 0.3 is 0 Å². The van der Waals surface area contributed by atoms with Crippen LogP contribution in [-0.4, -0.2) is 26.7 Å². The lowest BCUT2D eigenvalue weighted by Crippen LogP contribution is -2.26. The van der Waals surface area contributed by atoms with Crippen LogP contribution in [0, 0.1) is 11.3 Å². The molecule has 1 aliphatic heterocycles. The summed E-state index contributed by atoms with van der Waals surface area (Å²) >= 11 is 4.84. The van der Waals surface area contributed by atoms with Crippen molar-refractivity contribution in [1.82, 2.24) is 14.8 Å². The Kier molecular flexibility index (Phi) is 4.83. The highest BCUT2D eigenvalue weighted by atomic mass is 79.9. The SMILES string of the molecule is N#CC1N=Nc2c(-c3nc(-c4cc5cc(Br)ccc5o4)cs3)c(Nc3ccccc3)nn2C1=O. The predicted molar refractivity (Wildman–Crippen MR) is 131 cm³/mol. The molecule has 0 saturated carbocycles. The predicted octanol–water partition coefficient (Wildman–Crippen LogP) is 6.56. The van der Waals surface area contributed by atoms with Crippen molar-refractivity contribution in [3.8, 4) is 28.1 Å². The van der Waals surface area contributed by atoms with Crippen LogP contribution in [0.25, 0.3) is 33.0 Å². The first-order valence-corrected chi connectivity index (χ1v) is 11.7.